The van der Waals surface area contributed by atoms with E-state index in [4.69, 9.17) is 16.0 Å². The molecular weight excluding hydrogens is 288 g/mol. The third kappa shape index (κ3) is 3.21. The fourth-order valence-corrected chi connectivity index (χ4v) is 3.55. The van der Waals surface area contributed by atoms with E-state index in [9.17, 15) is 0 Å². The van der Waals surface area contributed by atoms with Gasteiger partial charge < -0.3 is 15.2 Å². The van der Waals surface area contributed by atoms with E-state index in [1.807, 2.05) is 6.07 Å². The maximum atomic E-state index is 9.16. The van der Waals surface area contributed by atoms with E-state index < -0.39 is 0 Å². The van der Waals surface area contributed by atoms with E-state index in [2.05, 4.69) is 41.4 Å². The molecule has 0 bridgehead atoms. The van der Waals surface area contributed by atoms with Gasteiger partial charge in [0.05, 0.1) is 11.7 Å². The van der Waals surface area contributed by atoms with Gasteiger partial charge >= 0.3 is 0 Å². The van der Waals surface area contributed by atoms with Crippen LogP contribution in [0.25, 0.3) is 11.0 Å². The summed E-state index contributed by atoms with van der Waals surface area (Å²) in [5.74, 6) is 1.59. The molecule has 2 N–H and O–H groups in total. The number of piperidine rings is 1. The van der Waals surface area contributed by atoms with E-state index in [1.54, 1.807) is 6.20 Å². The molecule has 1 saturated heterocycles. The minimum atomic E-state index is 0.167. The first-order chi connectivity index (χ1) is 11.0. The van der Waals surface area contributed by atoms with Crippen LogP contribution in [0.5, 0.6) is 0 Å². The maximum absolute atomic E-state index is 9.16. The second-order valence-corrected chi connectivity index (χ2v) is 7.04. The van der Waals surface area contributed by atoms with Crippen molar-refractivity contribution < 1.29 is 0 Å². The lowest BCUT2D eigenvalue weighted by atomic mass is 10.0. The zero-order valence-electron chi connectivity index (χ0n) is 14.0. The summed E-state index contributed by atoms with van der Waals surface area (Å²) in [6.07, 6.45) is 3.55. The number of pyridine rings is 1. The van der Waals surface area contributed by atoms with E-state index in [0.29, 0.717) is 11.6 Å². The van der Waals surface area contributed by atoms with Crippen LogP contribution in [0.3, 0.4) is 0 Å². The molecule has 6 heteroatoms. The van der Waals surface area contributed by atoms with Gasteiger partial charge in [0, 0.05) is 37.7 Å². The number of hydrogen-bond acceptors (Lipinski definition) is 5. The van der Waals surface area contributed by atoms with Crippen molar-refractivity contribution in [3.8, 4) is 6.07 Å². The molecule has 3 heterocycles. The van der Waals surface area contributed by atoms with E-state index in [0.717, 1.165) is 42.8 Å². The Labute approximate surface area is 136 Å². The summed E-state index contributed by atoms with van der Waals surface area (Å²) < 4.78 is 2.30. The van der Waals surface area contributed by atoms with Crippen LogP contribution in [-0.4, -0.2) is 45.6 Å². The van der Waals surface area contributed by atoms with Crippen molar-refractivity contribution in [2.45, 2.75) is 38.8 Å². The number of nitriles is 1. The molecule has 122 valence electrons. The van der Waals surface area contributed by atoms with E-state index in [-0.39, 0.29) is 12.1 Å². The van der Waals surface area contributed by atoms with Crippen molar-refractivity contribution in [2.24, 2.45) is 11.7 Å². The van der Waals surface area contributed by atoms with Crippen molar-refractivity contribution in [1.29, 1.82) is 5.26 Å². The van der Waals surface area contributed by atoms with Crippen LogP contribution >= 0.6 is 0 Å². The fraction of sp³-hybridized carbons (Fsp3) is 0.588. The molecule has 2 aromatic heterocycles. The monoisotopic (exact) mass is 312 g/mol. The van der Waals surface area contributed by atoms with Crippen LogP contribution in [0, 0.1) is 17.2 Å². The molecule has 2 unspecified atom stereocenters. The number of imidazole rings is 1. The van der Waals surface area contributed by atoms with Crippen LogP contribution in [0.2, 0.25) is 0 Å². The van der Waals surface area contributed by atoms with Crippen molar-refractivity contribution in [2.75, 3.05) is 20.1 Å². The highest BCUT2D eigenvalue weighted by molar-refractivity contribution is 5.76. The Kier molecular flexibility index (Phi) is 4.33. The number of likely N-dealkylation sites (tertiary alicyclic amines) is 1. The molecule has 0 spiro atoms. The Hall–Kier alpha value is -1.97. The van der Waals surface area contributed by atoms with Gasteiger partial charge in [-0.15, -0.1) is 0 Å². The molecule has 2 atom stereocenters. The average Bonchev–Trinajstić information content (AvgIpc) is 2.81. The van der Waals surface area contributed by atoms with Gasteiger partial charge in [-0.25, -0.2) is 9.97 Å². The summed E-state index contributed by atoms with van der Waals surface area (Å²) in [6, 6.07) is 4.44. The molecule has 0 aliphatic carbocycles. The largest absolute Gasteiger partial charge is 0.326 e. The lowest BCUT2D eigenvalue weighted by Crippen LogP contribution is -2.45. The zero-order chi connectivity index (χ0) is 16.6. The van der Waals surface area contributed by atoms with Gasteiger partial charge in [-0.3, -0.25) is 0 Å². The van der Waals surface area contributed by atoms with Gasteiger partial charge in [0.25, 0.3) is 0 Å². The van der Waals surface area contributed by atoms with E-state index in [1.165, 1.54) is 0 Å². The van der Waals surface area contributed by atoms with Gasteiger partial charge in [0.1, 0.15) is 23.1 Å². The number of nitrogens with zero attached hydrogens (tertiary/aromatic N) is 5. The van der Waals surface area contributed by atoms with Crippen LogP contribution < -0.4 is 5.73 Å². The Morgan fingerprint density at radius 3 is 2.87 bits per heavy atom. The molecule has 1 aliphatic rings. The van der Waals surface area contributed by atoms with Crippen LogP contribution in [0.1, 0.15) is 37.8 Å². The number of nitrogens with two attached hydrogens (primary N) is 1. The molecule has 23 heavy (non-hydrogen) atoms. The third-order valence-corrected chi connectivity index (χ3v) is 4.36. The van der Waals surface area contributed by atoms with Gasteiger partial charge in [0.15, 0.2) is 0 Å². The summed E-state index contributed by atoms with van der Waals surface area (Å²) in [7, 11) is 2.11. The van der Waals surface area contributed by atoms with Gasteiger partial charge in [-0.1, -0.05) is 13.8 Å². The van der Waals surface area contributed by atoms with Crippen molar-refractivity contribution in [1.82, 2.24) is 19.4 Å². The van der Waals surface area contributed by atoms with Gasteiger partial charge in [-0.05, 0) is 19.4 Å². The Balaban J connectivity index is 2.12. The predicted octanol–water partition coefficient (Wildman–Crippen LogP) is 1.71. The minimum Gasteiger partial charge on any atom is -0.326 e. The molecule has 0 amide bonds. The number of aromatic nitrogens is 3. The summed E-state index contributed by atoms with van der Waals surface area (Å²) in [6.45, 7) is 6.27. The normalized spacial score (nSPS) is 22.6. The topological polar surface area (TPSA) is 83.8 Å². The van der Waals surface area contributed by atoms with Crippen molar-refractivity contribution in [3.05, 3.63) is 23.8 Å². The standard InChI is InChI=1S/C17H24N6/c1-11(2)4-17-21-15-8-20-13(7-18)6-16(15)23(17)14-5-12(19)9-22(3)10-14/h6,8,11-12,14H,4-5,9-10,19H2,1-3H3. The Bertz CT molecular complexity index is 731. The highest BCUT2D eigenvalue weighted by atomic mass is 15.2. The van der Waals surface area contributed by atoms with E-state index >= 15 is 0 Å². The molecule has 0 aromatic carbocycles. The molecule has 0 saturated carbocycles. The van der Waals surface area contributed by atoms with Crippen LogP contribution in [0.4, 0.5) is 0 Å². The smallest absolute Gasteiger partial charge is 0.142 e. The number of hydrogen-bond donors (Lipinski definition) is 1. The summed E-state index contributed by atoms with van der Waals surface area (Å²) in [5.41, 5.74) is 8.53. The first-order valence-electron chi connectivity index (χ1n) is 8.19. The molecule has 3 rings (SSSR count). The highest BCUT2D eigenvalue weighted by Crippen LogP contribution is 2.28. The molecule has 0 radical (unpaired) electrons. The SMILES string of the molecule is CC(C)Cc1nc2cnc(C#N)cc2n1C1CC(N)CN(C)C1. The number of likely N-dealkylation sites (N-methyl/N-ethyl adjacent to an activating group) is 1. The average molecular weight is 312 g/mol. The maximum Gasteiger partial charge on any atom is 0.142 e. The van der Waals surface area contributed by atoms with Gasteiger partial charge in [0.2, 0.25) is 0 Å². The van der Waals surface area contributed by atoms with Crippen molar-refractivity contribution >= 4 is 11.0 Å². The second kappa shape index (κ2) is 6.26. The molecule has 6 nitrogen and oxygen atoms in total. The third-order valence-electron chi connectivity index (χ3n) is 4.36. The second-order valence-electron chi connectivity index (χ2n) is 7.04. The number of fused-ring (bicyclic) bond motifs is 1. The summed E-state index contributed by atoms with van der Waals surface area (Å²) in [5, 5.41) is 9.16. The van der Waals surface area contributed by atoms with Crippen molar-refractivity contribution in [3.63, 3.8) is 0 Å². The predicted molar refractivity (Wildman–Crippen MR) is 89.9 cm³/mol. The quantitative estimate of drug-likeness (QED) is 0.932. The first kappa shape index (κ1) is 15.9. The molecule has 2 aromatic rings. The van der Waals surface area contributed by atoms with Gasteiger partial charge in [-0.2, -0.15) is 5.26 Å². The molecule has 1 fully saturated rings. The van der Waals surface area contributed by atoms with Crippen LogP contribution in [0.15, 0.2) is 12.3 Å². The lowest BCUT2D eigenvalue weighted by Gasteiger charge is -2.35. The Morgan fingerprint density at radius 1 is 1.43 bits per heavy atom. The number of rotatable bonds is 3. The molecular formula is C17H24N6. The Morgan fingerprint density at radius 2 is 2.22 bits per heavy atom. The first-order valence-corrected chi connectivity index (χ1v) is 8.19. The summed E-state index contributed by atoms with van der Waals surface area (Å²) >= 11 is 0. The summed E-state index contributed by atoms with van der Waals surface area (Å²) in [4.78, 5) is 11.2. The minimum absolute atomic E-state index is 0.167. The van der Waals surface area contributed by atoms with Crippen LogP contribution in [-0.2, 0) is 6.42 Å². The highest BCUT2D eigenvalue weighted by Gasteiger charge is 2.27. The fourth-order valence-electron chi connectivity index (χ4n) is 3.55. The zero-order valence-corrected chi connectivity index (χ0v) is 14.0. The molecule has 1 aliphatic heterocycles. The lowest BCUT2D eigenvalue weighted by molar-refractivity contribution is 0.191.